The first kappa shape index (κ1) is 32.4. The van der Waals surface area contributed by atoms with Crippen LogP contribution in [0.15, 0.2) is 42.5 Å². The molecule has 1 aromatic heterocycles. The van der Waals surface area contributed by atoms with E-state index >= 15 is 0 Å². The quantitative estimate of drug-likeness (QED) is 0.412. The molecule has 0 aliphatic heterocycles. The van der Waals surface area contributed by atoms with Crippen molar-refractivity contribution in [1.82, 2.24) is 4.57 Å². The fourth-order valence-corrected chi connectivity index (χ4v) is 3.07. The molecule has 0 fully saturated rings. The maximum Gasteiger partial charge on any atom is 0.307 e. The molecule has 0 bridgehead atoms. The average Bonchev–Trinajstić information content (AvgIpc) is 3.14. The van der Waals surface area contributed by atoms with Gasteiger partial charge in [-0.15, -0.1) is 0 Å². The number of methoxy groups -OCH3 is 1. The first-order valence-corrected chi connectivity index (χ1v) is 12.0. The van der Waals surface area contributed by atoms with Gasteiger partial charge in [-0.25, -0.2) is 0 Å². The van der Waals surface area contributed by atoms with Crippen LogP contribution >= 0.6 is 11.6 Å². The third-order valence-electron chi connectivity index (χ3n) is 4.16. The monoisotopic (exact) mass is 477 g/mol. The van der Waals surface area contributed by atoms with Crippen molar-refractivity contribution in [3.8, 4) is 5.75 Å². The highest BCUT2D eigenvalue weighted by atomic mass is 35.5. The lowest BCUT2D eigenvalue weighted by Crippen LogP contribution is -2.14. The summed E-state index contributed by atoms with van der Waals surface area (Å²) in [6, 6.07) is 11.9. The van der Waals surface area contributed by atoms with E-state index in [1.807, 2.05) is 55.4 Å². The number of ether oxygens (including phenoxy) is 1. The Morgan fingerprint density at radius 1 is 0.909 bits per heavy atom. The lowest BCUT2D eigenvalue weighted by atomic mass is 10.1. The molecule has 33 heavy (non-hydrogen) atoms. The van der Waals surface area contributed by atoms with Crippen molar-refractivity contribution in [2.75, 3.05) is 7.11 Å². The molecule has 0 aliphatic carbocycles. The third kappa shape index (κ3) is 8.58. The number of benzene rings is 2. The minimum atomic E-state index is -0.955. The number of carbonyl (C=O) groups is 2. The first-order valence-electron chi connectivity index (χ1n) is 11.6. The molecule has 0 amide bonds. The number of aromatic nitrogens is 1. The molecular weight excluding hydrogens is 438 g/mol. The number of fused-ring (bicyclic) bond motifs is 1. The summed E-state index contributed by atoms with van der Waals surface area (Å²) in [5.74, 6) is -0.583. The van der Waals surface area contributed by atoms with Crippen LogP contribution in [0.2, 0.25) is 5.02 Å². The standard InChI is InChI=1S/C19H16ClNO4.4C2H6/c1-11-15(10-18(22)23)16-9-14(25-2)7-8-17(16)21(11)19(24)12-3-5-13(20)6-4-12;4*1-2/h3-9H,10H2,1-2H3,(H,22,23);4*1-2H3. The fourth-order valence-electron chi connectivity index (χ4n) is 2.95. The topological polar surface area (TPSA) is 68.5 Å². The van der Waals surface area contributed by atoms with Crippen molar-refractivity contribution in [2.24, 2.45) is 0 Å². The first-order chi connectivity index (χ1) is 15.9. The second-order valence-corrected chi connectivity index (χ2v) is 6.10. The number of hydrogen-bond acceptors (Lipinski definition) is 3. The largest absolute Gasteiger partial charge is 0.497 e. The van der Waals surface area contributed by atoms with Crippen LogP contribution in [0.3, 0.4) is 0 Å². The van der Waals surface area contributed by atoms with E-state index in [2.05, 4.69) is 0 Å². The van der Waals surface area contributed by atoms with Crippen LogP contribution < -0.4 is 4.74 Å². The van der Waals surface area contributed by atoms with E-state index in [1.54, 1.807) is 56.5 Å². The van der Waals surface area contributed by atoms with Crippen LogP contribution in [0.25, 0.3) is 10.9 Å². The van der Waals surface area contributed by atoms with E-state index in [-0.39, 0.29) is 12.3 Å². The number of aliphatic carboxylic acids is 1. The van der Waals surface area contributed by atoms with Gasteiger partial charge in [0.15, 0.2) is 0 Å². The van der Waals surface area contributed by atoms with Crippen LogP contribution in [0.5, 0.6) is 5.75 Å². The zero-order chi connectivity index (χ0) is 26.1. The lowest BCUT2D eigenvalue weighted by molar-refractivity contribution is -0.136. The van der Waals surface area contributed by atoms with Gasteiger partial charge in [0, 0.05) is 21.7 Å². The maximum absolute atomic E-state index is 13.0. The second kappa shape index (κ2) is 17.7. The van der Waals surface area contributed by atoms with Crippen molar-refractivity contribution in [3.63, 3.8) is 0 Å². The molecule has 0 unspecified atom stereocenters. The normalized spacial score (nSPS) is 8.94. The summed E-state index contributed by atoms with van der Waals surface area (Å²) < 4.78 is 6.77. The summed E-state index contributed by atoms with van der Waals surface area (Å²) in [5, 5.41) is 10.5. The SMILES string of the molecule is CC.CC.CC.CC.COc1ccc2c(c1)c(CC(=O)O)c(C)n2C(=O)c1ccc(Cl)cc1. The smallest absolute Gasteiger partial charge is 0.307 e. The Morgan fingerprint density at radius 2 is 1.42 bits per heavy atom. The molecular formula is C27H40ClNO4. The zero-order valence-electron chi connectivity index (χ0n) is 21.7. The van der Waals surface area contributed by atoms with Crippen molar-refractivity contribution in [1.29, 1.82) is 0 Å². The molecule has 1 heterocycles. The Kier molecular flexibility index (Phi) is 17.4. The van der Waals surface area contributed by atoms with Crippen molar-refractivity contribution in [2.45, 2.75) is 68.7 Å². The molecule has 0 atom stereocenters. The molecule has 5 nitrogen and oxygen atoms in total. The summed E-state index contributed by atoms with van der Waals surface area (Å²) in [6.45, 7) is 17.7. The van der Waals surface area contributed by atoms with Gasteiger partial charge in [-0.2, -0.15) is 0 Å². The van der Waals surface area contributed by atoms with Gasteiger partial charge in [0.05, 0.1) is 19.0 Å². The summed E-state index contributed by atoms with van der Waals surface area (Å²) in [5.41, 5.74) is 2.32. The predicted octanol–water partition coefficient (Wildman–Crippen LogP) is 8.03. The van der Waals surface area contributed by atoms with Gasteiger partial charge >= 0.3 is 5.97 Å². The maximum atomic E-state index is 13.0. The molecule has 3 rings (SSSR count). The molecule has 1 N–H and O–H groups in total. The Bertz CT molecular complexity index is 976. The third-order valence-corrected chi connectivity index (χ3v) is 4.42. The van der Waals surface area contributed by atoms with Crippen LogP contribution in [0.1, 0.15) is 77.0 Å². The van der Waals surface area contributed by atoms with Crippen molar-refractivity contribution >= 4 is 34.4 Å². The van der Waals surface area contributed by atoms with E-state index in [0.29, 0.717) is 38.5 Å². The Balaban J connectivity index is 0. The number of nitrogens with zero attached hydrogens (tertiary/aromatic N) is 1. The van der Waals surface area contributed by atoms with Crippen molar-refractivity contribution in [3.05, 3.63) is 64.3 Å². The minimum absolute atomic E-state index is 0.170. The van der Waals surface area contributed by atoms with E-state index in [9.17, 15) is 14.7 Å². The number of carboxylic acids is 1. The van der Waals surface area contributed by atoms with Gasteiger partial charge in [0.1, 0.15) is 5.75 Å². The highest BCUT2D eigenvalue weighted by Gasteiger charge is 2.21. The van der Waals surface area contributed by atoms with Gasteiger partial charge in [-0.05, 0) is 55.0 Å². The van der Waals surface area contributed by atoms with Gasteiger partial charge in [0.2, 0.25) is 0 Å². The highest BCUT2D eigenvalue weighted by molar-refractivity contribution is 6.30. The predicted molar refractivity (Wildman–Crippen MR) is 141 cm³/mol. The van der Waals surface area contributed by atoms with E-state index in [0.717, 1.165) is 0 Å². The fraction of sp³-hybridized carbons (Fsp3) is 0.407. The Morgan fingerprint density at radius 3 is 1.88 bits per heavy atom. The van der Waals surface area contributed by atoms with Gasteiger partial charge in [-0.1, -0.05) is 67.0 Å². The number of hydrogen-bond donors (Lipinski definition) is 1. The Hall–Kier alpha value is -2.79. The lowest BCUT2D eigenvalue weighted by Gasteiger charge is -2.08. The van der Waals surface area contributed by atoms with E-state index in [4.69, 9.17) is 16.3 Å². The number of carboxylic acid groups (broad SMARTS) is 1. The summed E-state index contributed by atoms with van der Waals surface area (Å²) >= 11 is 5.89. The molecule has 0 aliphatic rings. The van der Waals surface area contributed by atoms with Crippen LogP contribution in [-0.2, 0) is 11.2 Å². The summed E-state index contributed by atoms with van der Waals surface area (Å²) in [7, 11) is 1.54. The zero-order valence-corrected chi connectivity index (χ0v) is 22.5. The van der Waals surface area contributed by atoms with Gasteiger partial charge < -0.3 is 9.84 Å². The summed E-state index contributed by atoms with van der Waals surface area (Å²) in [4.78, 5) is 24.3. The molecule has 0 spiro atoms. The van der Waals surface area contributed by atoms with Gasteiger partial charge in [-0.3, -0.25) is 14.2 Å². The van der Waals surface area contributed by atoms with Crippen molar-refractivity contribution < 1.29 is 19.4 Å². The average molecular weight is 478 g/mol. The molecule has 2 aromatic carbocycles. The number of rotatable bonds is 4. The molecule has 0 saturated carbocycles. The van der Waals surface area contributed by atoms with Crippen LogP contribution in [-0.4, -0.2) is 28.7 Å². The summed E-state index contributed by atoms with van der Waals surface area (Å²) in [6.07, 6.45) is -0.170. The molecule has 0 radical (unpaired) electrons. The number of carbonyl (C=O) groups excluding carboxylic acids is 1. The van der Waals surface area contributed by atoms with Crippen LogP contribution in [0.4, 0.5) is 0 Å². The number of halogens is 1. The Labute approximate surface area is 204 Å². The second-order valence-electron chi connectivity index (χ2n) is 5.67. The molecule has 0 saturated heterocycles. The minimum Gasteiger partial charge on any atom is -0.497 e. The molecule has 3 aromatic rings. The molecule has 184 valence electrons. The van der Waals surface area contributed by atoms with E-state index in [1.165, 1.54) is 4.57 Å². The van der Waals surface area contributed by atoms with Gasteiger partial charge in [0.25, 0.3) is 5.91 Å². The highest BCUT2D eigenvalue weighted by Crippen LogP contribution is 2.30. The van der Waals surface area contributed by atoms with Crippen LogP contribution in [0, 0.1) is 6.92 Å². The van der Waals surface area contributed by atoms with E-state index < -0.39 is 5.97 Å². The molecule has 6 heteroatoms.